The zero-order valence-corrected chi connectivity index (χ0v) is 17.0. The number of nitrogens with zero attached hydrogens (tertiary/aromatic N) is 2. The summed E-state index contributed by atoms with van der Waals surface area (Å²) in [5.41, 5.74) is 2.05. The van der Waals surface area contributed by atoms with Gasteiger partial charge in [0.05, 0.1) is 22.6 Å². The molecule has 0 unspecified atom stereocenters. The third-order valence-corrected chi connectivity index (χ3v) is 6.32. The van der Waals surface area contributed by atoms with Crippen molar-refractivity contribution in [3.63, 3.8) is 0 Å². The van der Waals surface area contributed by atoms with Crippen molar-refractivity contribution < 1.29 is 17.6 Å². The number of hydrogen-bond acceptors (Lipinski definition) is 5. The molecule has 0 aliphatic rings. The summed E-state index contributed by atoms with van der Waals surface area (Å²) >= 11 is 0. The second kappa shape index (κ2) is 8.00. The lowest BCUT2D eigenvalue weighted by Gasteiger charge is -2.09. The molecule has 8 heteroatoms. The molecule has 7 nitrogen and oxygen atoms in total. The van der Waals surface area contributed by atoms with Crippen LogP contribution in [0.5, 0.6) is 0 Å². The van der Waals surface area contributed by atoms with E-state index in [4.69, 9.17) is 4.42 Å². The van der Waals surface area contributed by atoms with Gasteiger partial charge in [-0.2, -0.15) is 5.10 Å². The minimum atomic E-state index is -3.30. The molecule has 0 bridgehead atoms. The van der Waals surface area contributed by atoms with E-state index in [1.807, 2.05) is 30.3 Å². The molecule has 2 heterocycles. The predicted molar refractivity (Wildman–Crippen MR) is 113 cm³/mol. The van der Waals surface area contributed by atoms with Crippen molar-refractivity contribution in [2.24, 2.45) is 0 Å². The molecule has 4 aromatic rings. The summed E-state index contributed by atoms with van der Waals surface area (Å²) in [5.74, 6) is 0.188. The Morgan fingerprint density at radius 3 is 2.40 bits per heavy atom. The van der Waals surface area contributed by atoms with Gasteiger partial charge in [-0.1, -0.05) is 25.1 Å². The van der Waals surface area contributed by atoms with Gasteiger partial charge in [-0.3, -0.25) is 4.79 Å². The number of carbonyl (C=O) groups is 1. The first kappa shape index (κ1) is 19.7. The summed E-state index contributed by atoms with van der Waals surface area (Å²) in [4.78, 5) is 13.2. The van der Waals surface area contributed by atoms with Gasteiger partial charge in [0, 0.05) is 11.8 Å². The fourth-order valence-electron chi connectivity index (χ4n) is 2.96. The molecule has 0 radical (unpaired) electrons. The number of sulfone groups is 1. The topological polar surface area (TPSA) is 94.2 Å². The Balaban J connectivity index is 1.66. The fourth-order valence-corrected chi connectivity index (χ4v) is 3.85. The number of benzene rings is 2. The van der Waals surface area contributed by atoms with E-state index in [1.165, 1.54) is 12.1 Å². The zero-order chi connectivity index (χ0) is 21.1. The minimum Gasteiger partial charge on any atom is -0.463 e. The number of amides is 1. The number of rotatable bonds is 6. The number of carbonyl (C=O) groups excluding carboxylic acids is 1. The molecule has 0 saturated carbocycles. The average Bonchev–Trinajstić information content (AvgIpc) is 3.45. The molecule has 0 fully saturated rings. The number of hydrogen-bond donors (Lipinski definition) is 1. The molecule has 0 aliphatic heterocycles. The van der Waals surface area contributed by atoms with Crippen LogP contribution in [0.25, 0.3) is 17.1 Å². The van der Waals surface area contributed by atoms with Crippen molar-refractivity contribution in [3.05, 3.63) is 84.8 Å². The van der Waals surface area contributed by atoms with E-state index in [0.717, 1.165) is 5.69 Å². The summed E-state index contributed by atoms with van der Waals surface area (Å²) in [7, 11) is -3.30. The van der Waals surface area contributed by atoms with Crippen molar-refractivity contribution in [3.8, 4) is 17.1 Å². The van der Waals surface area contributed by atoms with Gasteiger partial charge in [0.2, 0.25) is 0 Å². The highest BCUT2D eigenvalue weighted by Crippen LogP contribution is 2.23. The van der Waals surface area contributed by atoms with Gasteiger partial charge in [-0.25, -0.2) is 13.1 Å². The highest BCUT2D eigenvalue weighted by molar-refractivity contribution is 7.91. The van der Waals surface area contributed by atoms with Crippen LogP contribution < -0.4 is 5.32 Å². The van der Waals surface area contributed by atoms with Crippen LogP contribution in [-0.2, 0) is 9.84 Å². The average molecular weight is 421 g/mol. The Bertz CT molecular complexity index is 1260. The predicted octanol–water partition coefficient (Wildman–Crippen LogP) is 4.18. The molecule has 1 amide bonds. The smallest absolute Gasteiger partial charge is 0.274 e. The molecule has 0 aliphatic carbocycles. The Morgan fingerprint density at radius 2 is 1.77 bits per heavy atom. The van der Waals surface area contributed by atoms with E-state index < -0.39 is 9.84 Å². The number of furan rings is 1. The van der Waals surface area contributed by atoms with Gasteiger partial charge < -0.3 is 9.73 Å². The number of anilines is 1. The number of aromatic nitrogens is 2. The van der Waals surface area contributed by atoms with Gasteiger partial charge in [-0.05, 0) is 48.5 Å². The molecule has 2 aromatic carbocycles. The van der Waals surface area contributed by atoms with E-state index in [0.29, 0.717) is 22.8 Å². The van der Waals surface area contributed by atoms with Crippen LogP contribution >= 0.6 is 0 Å². The maximum absolute atomic E-state index is 13.0. The Labute approximate surface area is 173 Å². The first-order valence-corrected chi connectivity index (χ1v) is 11.0. The normalized spacial score (nSPS) is 11.4. The largest absolute Gasteiger partial charge is 0.463 e. The van der Waals surface area contributed by atoms with Crippen LogP contribution in [0.15, 0.2) is 88.4 Å². The lowest BCUT2D eigenvalue weighted by molar-refractivity contribution is 0.101. The van der Waals surface area contributed by atoms with Gasteiger partial charge in [0.25, 0.3) is 5.91 Å². The van der Waals surface area contributed by atoms with E-state index in [-0.39, 0.29) is 16.6 Å². The van der Waals surface area contributed by atoms with E-state index >= 15 is 0 Å². The van der Waals surface area contributed by atoms with Crippen LogP contribution in [0.4, 0.5) is 5.69 Å². The van der Waals surface area contributed by atoms with Gasteiger partial charge in [-0.15, -0.1) is 0 Å². The summed E-state index contributed by atoms with van der Waals surface area (Å²) in [5, 5.41) is 7.32. The standard InChI is InChI=1S/C22H19N3O4S/c1-2-30(27,28)18-12-10-16(11-13-18)23-22(26)20-15-19(21-9-6-14-29-21)24-25(20)17-7-4-3-5-8-17/h3-15H,2H2,1H3,(H,23,26). The molecule has 0 atom stereocenters. The lowest BCUT2D eigenvalue weighted by atomic mass is 10.2. The fraction of sp³-hybridized carbons (Fsp3) is 0.0909. The van der Waals surface area contributed by atoms with E-state index in [9.17, 15) is 13.2 Å². The second-order valence-corrected chi connectivity index (χ2v) is 8.80. The first-order chi connectivity index (χ1) is 14.5. The van der Waals surface area contributed by atoms with Crippen molar-refractivity contribution in [1.29, 1.82) is 0 Å². The van der Waals surface area contributed by atoms with Crippen LogP contribution in [0.2, 0.25) is 0 Å². The maximum atomic E-state index is 13.0. The Morgan fingerprint density at radius 1 is 1.03 bits per heavy atom. The summed E-state index contributed by atoms with van der Waals surface area (Å²) in [6, 6.07) is 20.6. The molecular weight excluding hydrogens is 402 g/mol. The maximum Gasteiger partial charge on any atom is 0.274 e. The number of para-hydroxylation sites is 1. The monoisotopic (exact) mass is 421 g/mol. The number of nitrogens with one attached hydrogen (secondary N) is 1. The molecular formula is C22H19N3O4S. The second-order valence-electron chi connectivity index (χ2n) is 6.52. The third-order valence-electron chi connectivity index (χ3n) is 4.57. The van der Waals surface area contributed by atoms with Crippen LogP contribution in [0, 0.1) is 0 Å². The molecule has 2 aromatic heterocycles. The van der Waals surface area contributed by atoms with E-state index in [2.05, 4.69) is 10.4 Å². The van der Waals surface area contributed by atoms with Crippen molar-refractivity contribution in [2.45, 2.75) is 11.8 Å². The molecule has 30 heavy (non-hydrogen) atoms. The highest BCUT2D eigenvalue weighted by atomic mass is 32.2. The van der Waals surface area contributed by atoms with Gasteiger partial charge in [0.1, 0.15) is 11.4 Å². The quantitative estimate of drug-likeness (QED) is 0.504. The highest BCUT2D eigenvalue weighted by Gasteiger charge is 2.19. The van der Waals surface area contributed by atoms with E-state index in [1.54, 1.807) is 48.2 Å². The van der Waals surface area contributed by atoms with Crippen LogP contribution in [-0.4, -0.2) is 29.9 Å². The Kier molecular flexibility index (Phi) is 5.24. The zero-order valence-electron chi connectivity index (χ0n) is 16.1. The molecule has 0 spiro atoms. The van der Waals surface area contributed by atoms with Crippen LogP contribution in [0.1, 0.15) is 17.4 Å². The lowest BCUT2D eigenvalue weighted by Crippen LogP contribution is -2.17. The molecule has 4 rings (SSSR count). The third kappa shape index (κ3) is 3.90. The van der Waals surface area contributed by atoms with Crippen molar-refractivity contribution in [1.82, 2.24) is 9.78 Å². The minimum absolute atomic E-state index is 0.0184. The summed E-state index contributed by atoms with van der Waals surface area (Å²) in [6.07, 6.45) is 1.54. The van der Waals surface area contributed by atoms with Crippen molar-refractivity contribution >= 4 is 21.4 Å². The molecule has 152 valence electrons. The molecule has 1 N–H and O–H groups in total. The van der Waals surface area contributed by atoms with Crippen LogP contribution in [0.3, 0.4) is 0 Å². The first-order valence-electron chi connectivity index (χ1n) is 9.31. The SMILES string of the molecule is CCS(=O)(=O)c1ccc(NC(=O)c2cc(-c3ccco3)nn2-c2ccccc2)cc1. The van der Waals surface area contributed by atoms with Crippen molar-refractivity contribution in [2.75, 3.05) is 11.1 Å². The molecule has 0 saturated heterocycles. The van der Waals surface area contributed by atoms with Gasteiger partial charge in [0.15, 0.2) is 15.6 Å². The van der Waals surface area contributed by atoms with Gasteiger partial charge >= 0.3 is 0 Å². The summed E-state index contributed by atoms with van der Waals surface area (Å²) < 4.78 is 30.9. The Hall–Kier alpha value is -3.65. The summed E-state index contributed by atoms with van der Waals surface area (Å²) in [6.45, 7) is 1.59.